The van der Waals surface area contributed by atoms with Crippen molar-refractivity contribution in [2.24, 2.45) is 0 Å². The molecule has 11 N–H and O–H groups in total. The fraction of sp³-hybridized carbons (Fsp3) is 0.413. The van der Waals surface area contributed by atoms with Gasteiger partial charge in [-0.3, -0.25) is 0 Å². The standard InChI is InChI=1S/C46H65N19/c1-5-9-25-48-38-57-39(49-26-10-6-2)60-42(59-38)52-30-33-15-21-36(22-16-33)55-45-63-44(54-29-32-13-19-35(47)20-14-32)64-46(65-45)56-37-23-17-34(18-24-37)31-53-43-61-40(50-27-11-7-3)58-41(62-43)51-28-12-8-4/h13-24H,5-12,25-31,47H2,1-4H3,(H3,48,49,52,57,59,60)(H3,50,51,53,58,61,62)(H3,54,55,56,63,64,65). The molecule has 6 aromatic rings. The number of benzene rings is 3. The van der Waals surface area contributed by atoms with Crippen LogP contribution in [0.3, 0.4) is 0 Å². The molecule has 0 spiro atoms. The summed E-state index contributed by atoms with van der Waals surface area (Å²) in [4.78, 5) is 41.7. The summed E-state index contributed by atoms with van der Waals surface area (Å²) in [5, 5.41) is 30.1. The van der Waals surface area contributed by atoms with Crippen LogP contribution in [0.25, 0.3) is 0 Å². The van der Waals surface area contributed by atoms with Gasteiger partial charge in [0.1, 0.15) is 0 Å². The lowest BCUT2D eigenvalue weighted by Crippen LogP contribution is -2.13. The van der Waals surface area contributed by atoms with E-state index in [2.05, 4.69) is 105 Å². The lowest BCUT2D eigenvalue weighted by molar-refractivity contribution is 0.814. The molecular formula is C46H65N19. The van der Waals surface area contributed by atoms with Crippen LogP contribution in [0, 0.1) is 0 Å². The Morgan fingerprint density at radius 2 is 0.569 bits per heavy atom. The molecule has 0 unspecified atom stereocenters. The molecule has 0 aliphatic heterocycles. The van der Waals surface area contributed by atoms with Gasteiger partial charge in [0.2, 0.25) is 53.5 Å². The van der Waals surface area contributed by atoms with Crippen LogP contribution in [0.2, 0.25) is 0 Å². The predicted molar refractivity (Wildman–Crippen MR) is 265 cm³/mol. The second kappa shape index (κ2) is 25.7. The van der Waals surface area contributed by atoms with E-state index in [9.17, 15) is 0 Å². The third kappa shape index (κ3) is 16.4. The van der Waals surface area contributed by atoms with Crippen LogP contribution < -0.4 is 53.6 Å². The van der Waals surface area contributed by atoms with Crippen molar-refractivity contribution in [1.29, 1.82) is 0 Å². The number of nitrogens with two attached hydrogens (primary N) is 1. The minimum Gasteiger partial charge on any atom is -0.399 e. The van der Waals surface area contributed by atoms with Crippen LogP contribution >= 0.6 is 0 Å². The molecule has 344 valence electrons. The van der Waals surface area contributed by atoms with Crippen LogP contribution in [0.1, 0.15) is 95.8 Å². The van der Waals surface area contributed by atoms with Crippen molar-refractivity contribution >= 4 is 70.6 Å². The van der Waals surface area contributed by atoms with Gasteiger partial charge in [-0.15, -0.1) is 0 Å². The summed E-state index contributed by atoms with van der Waals surface area (Å²) in [5.41, 5.74) is 11.4. The molecule has 19 nitrogen and oxygen atoms in total. The summed E-state index contributed by atoms with van der Waals surface area (Å²) in [5.74, 6) is 4.37. The first kappa shape index (κ1) is 47.2. The number of rotatable bonds is 29. The molecule has 0 amide bonds. The Morgan fingerprint density at radius 1 is 0.323 bits per heavy atom. The minimum atomic E-state index is 0.370. The van der Waals surface area contributed by atoms with Crippen molar-refractivity contribution in [1.82, 2.24) is 44.9 Å². The zero-order valence-corrected chi connectivity index (χ0v) is 38.1. The Balaban J connectivity index is 1.11. The third-order valence-corrected chi connectivity index (χ3v) is 9.91. The molecule has 0 saturated carbocycles. The summed E-state index contributed by atoms with van der Waals surface area (Å²) in [7, 11) is 0. The number of nitrogen functional groups attached to an aromatic ring is 1. The van der Waals surface area contributed by atoms with Gasteiger partial charge in [0.25, 0.3) is 0 Å². The molecule has 3 aromatic heterocycles. The third-order valence-electron chi connectivity index (χ3n) is 9.91. The molecule has 0 bridgehead atoms. The number of hydrogen-bond acceptors (Lipinski definition) is 19. The lowest BCUT2D eigenvalue weighted by Gasteiger charge is -2.13. The SMILES string of the molecule is CCCCNc1nc(NCCCC)nc(NCc2ccc(Nc3nc(NCc4ccc(N)cc4)nc(Nc4ccc(CNc5nc(NCCCC)nc(NCCCC)n5)cc4)n3)cc2)n1. The lowest BCUT2D eigenvalue weighted by atomic mass is 10.2. The second-order valence-corrected chi connectivity index (χ2v) is 15.5. The summed E-state index contributed by atoms with van der Waals surface area (Å²) in [6.45, 7) is 13.4. The molecule has 19 heteroatoms. The summed E-state index contributed by atoms with van der Waals surface area (Å²) in [6, 6.07) is 23.7. The van der Waals surface area contributed by atoms with Crippen LogP contribution in [0.15, 0.2) is 72.8 Å². The van der Waals surface area contributed by atoms with E-state index in [1.165, 1.54) is 0 Å². The molecule has 3 heterocycles. The van der Waals surface area contributed by atoms with Gasteiger partial charge >= 0.3 is 0 Å². The fourth-order valence-electron chi connectivity index (χ4n) is 6.15. The molecular weight excluding hydrogens is 819 g/mol. The zero-order chi connectivity index (χ0) is 45.5. The highest BCUT2D eigenvalue weighted by Crippen LogP contribution is 2.22. The maximum Gasteiger partial charge on any atom is 0.233 e. The average molecular weight is 884 g/mol. The van der Waals surface area contributed by atoms with E-state index >= 15 is 0 Å². The largest absolute Gasteiger partial charge is 0.399 e. The Hall–Kier alpha value is -7.31. The summed E-state index contributed by atoms with van der Waals surface area (Å²) < 4.78 is 0. The Kier molecular flexibility index (Phi) is 18.7. The summed E-state index contributed by atoms with van der Waals surface area (Å²) in [6.07, 6.45) is 8.46. The zero-order valence-electron chi connectivity index (χ0n) is 38.1. The van der Waals surface area contributed by atoms with E-state index in [1.807, 2.05) is 72.8 Å². The Labute approximate surface area is 382 Å². The second-order valence-electron chi connectivity index (χ2n) is 15.5. The van der Waals surface area contributed by atoms with E-state index in [1.54, 1.807) is 0 Å². The number of nitrogens with one attached hydrogen (secondary N) is 9. The highest BCUT2D eigenvalue weighted by Gasteiger charge is 2.11. The minimum absolute atomic E-state index is 0.370. The number of unbranched alkanes of at least 4 members (excludes halogenated alkanes) is 4. The van der Waals surface area contributed by atoms with Crippen molar-refractivity contribution in [2.75, 3.05) is 79.8 Å². The normalized spacial score (nSPS) is 10.8. The first-order chi connectivity index (χ1) is 31.9. The van der Waals surface area contributed by atoms with E-state index < -0.39 is 0 Å². The Morgan fingerprint density at radius 3 is 0.862 bits per heavy atom. The number of hydrogen-bond donors (Lipinski definition) is 10. The van der Waals surface area contributed by atoms with Crippen LogP contribution in [-0.2, 0) is 19.6 Å². The quantitative estimate of drug-likeness (QED) is 0.0156. The number of aromatic nitrogens is 9. The number of anilines is 12. The van der Waals surface area contributed by atoms with Gasteiger partial charge in [0.05, 0.1) is 0 Å². The molecule has 0 aliphatic carbocycles. The molecule has 0 radical (unpaired) electrons. The molecule has 6 rings (SSSR count). The van der Waals surface area contributed by atoms with E-state index in [-0.39, 0.29) is 0 Å². The molecule has 0 fully saturated rings. The first-order valence-corrected chi connectivity index (χ1v) is 22.9. The van der Waals surface area contributed by atoms with Crippen molar-refractivity contribution in [3.05, 3.63) is 89.5 Å². The monoisotopic (exact) mass is 884 g/mol. The van der Waals surface area contributed by atoms with Crippen LogP contribution in [-0.4, -0.2) is 71.0 Å². The maximum atomic E-state index is 5.92. The van der Waals surface area contributed by atoms with Gasteiger partial charge < -0.3 is 53.6 Å². The van der Waals surface area contributed by atoms with Gasteiger partial charge in [-0.25, -0.2) is 0 Å². The fourth-order valence-corrected chi connectivity index (χ4v) is 6.15. The van der Waals surface area contributed by atoms with Gasteiger partial charge in [-0.1, -0.05) is 89.8 Å². The van der Waals surface area contributed by atoms with Gasteiger partial charge in [-0.2, -0.15) is 44.9 Å². The highest BCUT2D eigenvalue weighted by molar-refractivity contribution is 5.60. The highest BCUT2D eigenvalue weighted by atomic mass is 15.3. The Bertz CT molecular complexity index is 2120. The van der Waals surface area contributed by atoms with Crippen molar-refractivity contribution < 1.29 is 0 Å². The molecule has 0 atom stereocenters. The molecule has 65 heavy (non-hydrogen) atoms. The maximum absolute atomic E-state index is 5.92. The van der Waals surface area contributed by atoms with Crippen molar-refractivity contribution in [3.63, 3.8) is 0 Å². The van der Waals surface area contributed by atoms with Crippen LogP contribution in [0.5, 0.6) is 0 Å². The predicted octanol–water partition coefficient (Wildman–Crippen LogP) is 9.00. The van der Waals surface area contributed by atoms with Gasteiger partial charge in [0, 0.05) is 62.9 Å². The number of nitrogens with zero attached hydrogens (tertiary/aromatic N) is 9. The molecule has 0 saturated heterocycles. The van der Waals surface area contributed by atoms with Gasteiger partial charge in [-0.05, 0) is 78.8 Å². The van der Waals surface area contributed by atoms with Gasteiger partial charge in [0.15, 0.2) is 0 Å². The van der Waals surface area contributed by atoms with Crippen LogP contribution in [0.4, 0.5) is 70.6 Å². The molecule has 0 aliphatic rings. The first-order valence-electron chi connectivity index (χ1n) is 22.9. The van der Waals surface area contributed by atoms with Crippen molar-refractivity contribution in [3.8, 4) is 0 Å². The smallest absolute Gasteiger partial charge is 0.233 e. The van der Waals surface area contributed by atoms with E-state index in [4.69, 9.17) is 20.7 Å². The van der Waals surface area contributed by atoms with E-state index in [0.29, 0.717) is 78.9 Å². The average Bonchev–Trinajstić information content (AvgIpc) is 3.31. The topological polar surface area (TPSA) is 250 Å². The molecule has 3 aromatic carbocycles. The van der Waals surface area contributed by atoms with Crippen molar-refractivity contribution in [2.45, 2.75) is 98.7 Å². The van der Waals surface area contributed by atoms with E-state index in [0.717, 1.165) is 106 Å². The summed E-state index contributed by atoms with van der Waals surface area (Å²) >= 11 is 0.